The minimum atomic E-state index is 0.901. The second kappa shape index (κ2) is 4.58. The van der Waals surface area contributed by atoms with Crippen molar-refractivity contribution in [2.45, 2.75) is 6.42 Å². The molecule has 2 aromatic carbocycles. The first-order valence-corrected chi connectivity index (χ1v) is 7.23. The van der Waals surface area contributed by atoms with Crippen molar-refractivity contribution in [3.63, 3.8) is 0 Å². The molecule has 21 heavy (non-hydrogen) atoms. The fourth-order valence-corrected chi connectivity index (χ4v) is 3.27. The van der Waals surface area contributed by atoms with Crippen LogP contribution in [0.4, 0.5) is 11.4 Å². The van der Waals surface area contributed by atoms with Gasteiger partial charge in [0.25, 0.3) is 0 Å². The highest BCUT2D eigenvalue weighted by Gasteiger charge is 2.32. The molecule has 2 aromatic rings. The third kappa shape index (κ3) is 1.75. The molecule has 0 aliphatic carbocycles. The van der Waals surface area contributed by atoms with Gasteiger partial charge in [-0.1, -0.05) is 0 Å². The molecule has 108 valence electrons. The second-order valence-corrected chi connectivity index (χ2v) is 5.37. The van der Waals surface area contributed by atoms with E-state index < -0.39 is 0 Å². The van der Waals surface area contributed by atoms with Crippen LogP contribution in [0.15, 0.2) is 36.4 Å². The van der Waals surface area contributed by atoms with Gasteiger partial charge in [-0.25, -0.2) is 0 Å². The number of fused-ring (bicyclic) bond motifs is 6. The summed E-state index contributed by atoms with van der Waals surface area (Å²) in [5.41, 5.74) is 4.97. The fourth-order valence-electron chi connectivity index (χ4n) is 3.27. The van der Waals surface area contributed by atoms with Gasteiger partial charge in [-0.05, 0) is 30.7 Å². The first-order valence-electron chi connectivity index (χ1n) is 7.23. The van der Waals surface area contributed by atoms with Crippen LogP contribution in [0.2, 0.25) is 0 Å². The Hall–Kier alpha value is -2.36. The number of rotatable bonds is 2. The van der Waals surface area contributed by atoms with Crippen LogP contribution < -0.4 is 19.5 Å². The Morgan fingerprint density at radius 2 is 1.24 bits per heavy atom. The lowest BCUT2D eigenvalue weighted by Crippen LogP contribution is -2.39. The van der Waals surface area contributed by atoms with Crippen molar-refractivity contribution in [1.29, 1.82) is 0 Å². The van der Waals surface area contributed by atoms with Crippen molar-refractivity contribution in [3.8, 4) is 22.6 Å². The van der Waals surface area contributed by atoms with Gasteiger partial charge in [0, 0.05) is 36.3 Å². The molecule has 0 spiro atoms. The molecule has 0 radical (unpaired) electrons. The molecule has 0 atom stereocenters. The minimum absolute atomic E-state index is 0.901. The molecule has 4 heteroatoms. The van der Waals surface area contributed by atoms with Crippen LogP contribution in [0.3, 0.4) is 0 Å². The van der Waals surface area contributed by atoms with Crippen LogP contribution >= 0.6 is 0 Å². The molecule has 0 aromatic heterocycles. The molecule has 0 saturated carbocycles. The summed E-state index contributed by atoms with van der Waals surface area (Å²) in [5.74, 6) is 1.80. The van der Waals surface area contributed by atoms with E-state index in [0.717, 1.165) is 31.0 Å². The van der Waals surface area contributed by atoms with E-state index in [1.54, 1.807) is 14.2 Å². The van der Waals surface area contributed by atoms with Gasteiger partial charge in [-0.3, -0.25) is 10.0 Å². The number of anilines is 2. The standard InChI is InChI=1S/C17H18N2O2/c1-20-12-4-6-14-15-7-5-13(21-2)11-17(15)19-9-3-8-18(19)16(14)10-12/h4-7,10-11H,3,8-9H2,1-2H3. The van der Waals surface area contributed by atoms with Crippen LogP contribution in [0, 0.1) is 0 Å². The first-order chi connectivity index (χ1) is 10.3. The Bertz CT molecular complexity index is 640. The van der Waals surface area contributed by atoms with E-state index in [4.69, 9.17) is 9.47 Å². The van der Waals surface area contributed by atoms with Gasteiger partial charge in [0.05, 0.1) is 25.6 Å². The summed E-state index contributed by atoms with van der Waals surface area (Å²) in [6.07, 6.45) is 1.16. The van der Waals surface area contributed by atoms with E-state index in [1.165, 1.54) is 22.5 Å². The first kappa shape index (κ1) is 12.4. The highest BCUT2D eigenvalue weighted by molar-refractivity contribution is 5.93. The largest absolute Gasteiger partial charge is 0.497 e. The summed E-state index contributed by atoms with van der Waals surface area (Å²) in [5, 5.41) is 4.69. The van der Waals surface area contributed by atoms with Crippen molar-refractivity contribution >= 4 is 11.4 Å². The van der Waals surface area contributed by atoms with E-state index in [2.05, 4.69) is 34.3 Å². The molecule has 0 unspecified atom stereocenters. The Morgan fingerprint density at radius 3 is 1.67 bits per heavy atom. The van der Waals surface area contributed by atoms with Crippen LogP contribution in [-0.2, 0) is 0 Å². The Kier molecular flexibility index (Phi) is 2.70. The second-order valence-electron chi connectivity index (χ2n) is 5.37. The quantitative estimate of drug-likeness (QED) is 0.843. The van der Waals surface area contributed by atoms with Gasteiger partial charge < -0.3 is 9.47 Å². The predicted octanol–water partition coefficient (Wildman–Crippen LogP) is 3.32. The molecule has 2 aliphatic rings. The number of hydrogen-bond donors (Lipinski definition) is 0. The van der Waals surface area contributed by atoms with Crippen molar-refractivity contribution in [2.24, 2.45) is 0 Å². The Labute approximate surface area is 124 Å². The molecule has 0 amide bonds. The molecular weight excluding hydrogens is 264 g/mol. The van der Waals surface area contributed by atoms with E-state index >= 15 is 0 Å². The van der Waals surface area contributed by atoms with Crippen molar-refractivity contribution in [1.82, 2.24) is 0 Å². The van der Waals surface area contributed by atoms with Crippen molar-refractivity contribution in [3.05, 3.63) is 36.4 Å². The van der Waals surface area contributed by atoms with E-state index in [-0.39, 0.29) is 0 Å². The van der Waals surface area contributed by atoms with Crippen LogP contribution in [0.1, 0.15) is 6.42 Å². The average molecular weight is 282 g/mol. The Morgan fingerprint density at radius 1 is 0.762 bits per heavy atom. The monoisotopic (exact) mass is 282 g/mol. The summed E-state index contributed by atoms with van der Waals surface area (Å²) in [4.78, 5) is 0. The Balaban J connectivity index is 1.95. The smallest absolute Gasteiger partial charge is 0.121 e. The molecule has 2 aliphatic heterocycles. The SMILES string of the molecule is COc1ccc2c(c1)N1CCCN1c1cc(OC)ccc1-2. The molecule has 2 heterocycles. The normalized spacial score (nSPS) is 15.3. The number of hydrogen-bond acceptors (Lipinski definition) is 4. The zero-order valence-corrected chi connectivity index (χ0v) is 12.3. The van der Waals surface area contributed by atoms with Gasteiger partial charge >= 0.3 is 0 Å². The number of methoxy groups -OCH3 is 2. The highest BCUT2D eigenvalue weighted by Crippen LogP contribution is 2.47. The van der Waals surface area contributed by atoms with E-state index in [0.29, 0.717) is 0 Å². The summed E-state index contributed by atoms with van der Waals surface area (Å²) in [7, 11) is 3.43. The molecule has 4 nitrogen and oxygen atoms in total. The van der Waals surface area contributed by atoms with Crippen molar-refractivity contribution < 1.29 is 9.47 Å². The van der Waals surface area contributed by atoms with Crippen LogP contribution in [0.5, 0.6) is 11.5 Å². The maximum atomic E-state index is 5.39. The lowest BCUT2D eigenvalue weighted by atomic mass is 9.98. The van der Waals surface area contributed by atoms with Gasteiger partial charge in [-0.2, -0.15) is 0 Å². The number of ether oxygens (including phenoxy) is 2. The summed E-state index contributed by atoms with van der Waals surface area (Å²) < 4.78 is 10.8. The highest BCUT2D eigenvalue weighted by atomic mass is 16.5. The average Bonchev–Trinajstić information content (AvgIpc) is 3.04. The van der Waals surface area contributed by atoms with Crippen LogP contribution in [0.25, 0.3) is 11.1 Å². The topological polar surface area (TPSA) is 24.9 Å². The molecule has 1 fully saturated rings. The summed E-state index contributed by atoms with van der Waals surface area (Å²) in [6.45, 7) is 2.08. The van der Waals surface area contributed by atoms with E-state index in [9.17, 15) is 0 Å². The summed E-state index contributed by atoms with van der Waals surface area (Å²) >= 11 is 0. The van der Waals surface area contributed by atoms with Gasteiger partial charge in [0.1, 0.15) is 11.5 Å². The number of hydrazine groups is 1. The maximum Gasteiger partial charge on any atom is 0.121 e. The number of benzene rings is 2. The molecule has 0 bridgehead atoms. The van der Waals surface area contributed by atoms with Gasteiger partial charge in [-0.15, -0.1) is 0 Å². The molecule has 1 saturated heterocycles. The van der Waals surface area contributed by atoms with Crippen LogP contribution in [-0.4, -0.2) is 27.3 Å². The fraction of sp³-hybridized carbons (Fsp3) is 0.294. The van der Waals surface area contributed by atoms with E-state index in [1.807, 2.05) is 12.1 Å². The van der Waals surface area contributed by atoms with Crippen molar-refractivity contribution in [2.75, 3.05) is 37.3 Å². The predicted molar refractivity (Wildman–Crippen MR) is 84.3 cm³/mol. The lowest BCUT2D eigenvalue weighted by molar-refractivity contribution is 0.414. The lowest BCUT2D eigenvalue weighted by Gasteiger charge is -2.39. The molecule has 0 N–H and O–H groups in total. The third-order valence-corrected chi connectivity index (χ3v) is 4.29. The zero-order chi connectivity index (χ0) is 14.4. The molecule has 4 rings (SSSR count). The third-order valence-electron chi connectivity index (χ3n) is 4.29. The van der Waals surface area contributed by atoms with Gasteiger partial charge in [0.2, 0.25) is 0 Å². The van der Waals surface area contributed by atoms with Gasteiger partial charge in [0.15, 0.2) is 0 Å². The zero-order valence-electron chi connectivity index (χ0n) is 12.3. The summed E-state index contributed by atoms with van der Waals surface area (Å²) in [6, 6.07) is 12.6. The minimum Gasteiger partial charge on any atom is -0.497 e. The number of nitrogens with zero attached hydrogens (tertiary/aromatic N) is 2. The maximum absolute atomic E-state index is 5.39. The molecular formula is C17H18N2O2.